The topological polar surface area (TPSA) is 69.3 Å². The molecular weight excluding hydrogens is 270 g/mol. The van der Waals surface area contributed by atoms with Crippen molar-refractivity contribution in [2.24, 2.45) is 14.1 Å². The average molecular weight is 285 g/mol. The number of methoxy groups -OCH3 is 1. The van der Waals surface area contributed by atoms with Crippen molar-refractivity contribution in [3.05, 3.63) is 36.2 Å². The zero-order valence-corrected chi connectivity index (χ0v) is 12.0. The van der Waals surface area contributed by atoms with Crippen LogP contribution in [-0.4, -0.2) is 32.5 Å². The van der Waals surface area contributed by atoms with Gasteiger partial charge >= 0.3 is 5.97 Å². The third kappa shape index (κ3) is 1.96. The van der Waals surface area contributed by atoms with E-state index < -0.39 is 5.97 Å². The summed E-state index contributed by atoms with van der Waals surface area (Å²) < 4.78 is 8.71. The van der Waals surface area contributed by atoms with E-state index in [0.29, 0.717) is 5.69 Å². The van der Waals surface area contributed by atoms with Gasteiger partial charge in [0.25, 0.3) is 0 Å². The van der Waals surface area contributed by atoms with E-state index in [-0.39, 0.29) is 5.69 Å². The summed E-state index contributed by atoms with van der Waals surface area (Å²) in [7, 11) is 5.18. The first-order valence-electron chi connectivity index (χ1n) is 6.42. The number of carboxylic acids is 1. The molecule has 0 spiro atoms. The van der Waals surface area contributed by atoms with Crippen molar-refractivity contribution in [1.29, 1.82) is 0 Å². The predicted molar refractivity (Wildman–Crippen MR) is 78.6 cm³/mol. The van der Waals surface area contributed by atoms with Crippen LogP contribution >= 0.6 is 0 Å². The van der Waals surface area contributed by atoms with E-state index in [4.69, 9.17) is 9.84 Å². The largest absolute Gasteiger partial charge is 0.495 e. The van der Waals surface area contributed by atoms with Crippen LogP contribution in [0, 0.1) is 0 Å². The van der Waals surface area contributed by atoms with Crippen LogP contribution < -0.4 is 4.74 Å². The van der Waals surface area contributed by atoms with Crippen molar-refractivity contribution in [1.82, 2.24) is 14.3 Å². The van der Waals surface area contributed by atoms with Gasteiger partial charge in [0, 0.05) is 31.2 Å². The lowest BCUT2D eigenvalue weighted by molar-refractivity contribution is 0.0685. The highest BCUT2D eigenvalue weighted by Gasteiger charge is 2.17. The second kappa shape index (κ2) is 4.66. The van der Waals surface area contributed by atoms with E-state index in [9.17, 15) is 4.79 Å². The first kappa shape index (κ1) is 13.2. The Bertz CT molecular complexity index is 845. The summed E-state index contributed by atoms with van der Waals surface area (Å²) in [5.74, 6) is -0.218. The van der Waals surface area contributed by atoms with E-state index in [0.717, 1.165) is 22.2 Å². The van der Waals surface area contributed by atoms with Gasteiger partial charge in [-0.25, -0.2) is 4.79 Å². The molecule has 108 valence electrons. The van der Waals surface area contributed by atoms with Gasteiger partial charge in [-0.05, 0) is 12.1 Å². The third-order valence-electron chi connectivity index (χ3n) is 3.56. The molecule has 6 heteroatoms. The fourth-order valence-corrected chi connectivity index (χ4v) is 2.60. The van der Waals surface area contributed by atoms with Crippen molar-refractivity contribution in [2.45, 2.75) is 0 Å². The van der Waals surface area contributed by atoms with Crippen molar-refractivity contribution in [2.75, 3.05) is 7.11 Å². The van der Waals surface area contributed by atoms with E-state index in [1.165, 1.54) is 4.68 Å². The lowest BCUT2D eigenvalue weighted by atomic mass is 10.1. The Morgan fingerprint density at radius 1 is 1.33 bits per heavy atom. The van der Waals surface area contributed by atoms with Crippen LogP contribution in [0.15, 0.2) is 30.5 Å². The maximum Gasteiger partial charge on any atom is 0.354 e. The summed E-state index contributed by atoms with van der Waals surface area (Å²) in [6, 6.07) is 7.36. The summed E-state index contributed by atoms with van der Waals surface area (Å²) in [4.78, 5) is 11.1. The van der Waals surface area contributed by atoms with Gasteiger partial charge in [-0.3, -0.25) is 4.68 Å². The van der Waals surface area contributed by atoms with Crippen LogP contribution in [0.2, 0.25) is 0 Å². The molecule has 6 nitrogen and oxygen atoms in total. The number of carbonyl (C=O) groups is 1. The van der Waals surface area contributed by atoms with Crippen LogP contribution in [0.25, 0.3) is 22.2 Å². The number of aromatic carboxylic acids is 1. The molecule has 0 bridgehead atoms. The number of aromatic nitrogens is 3. The van der Waals surface area contributed by atoms with Crippen molar-refractivity contribution in [3.8, 4) is 17.0 Å². The van der Waals surface area contributed by atoms with Gasteiger partial charge in [0.2, 0.25) is 0 Å². The maximum atomic E-state index is 11.1. The molecule has 0 aliphatic heterocycles. The molecule has 0 aliphatic carbocycles. The molecule has 0 saturated carbocycles. The molecule has 0 atom stereocenters. The van der Waals surface area contributed by atoms with Gasteiger partial charge in [-0.15, -0.1) is 0 Å². The molecule has 0 aliphatic rings. The first-order chi connectivity index (χ1) is 10.0. The van der Waals surface area contributed by atoms with Gasteiger partial charge < -0.3 is 14.4 Å². The fraction of sp³-hybridized carbons (Fsp3) is 0.200. The van der Waals surface area contributed by atoms with E-state index in [2.05, 4.69) is 5.10 Å². The highest BCUT2D eigenvalue weighted by molar-refractivity contribution is 5.99. The Hall–Kier alpha value is -2.76. The Morgan fingerprint density at radius 3 is 2.71 bits per heavy atom. The smallest absolute Gasteiger partial charge is 0.354 e. The fourth-order valence-electron chi connectivity index (χ4n) is 2.60. The second-order valence-corrected chi connectivity index (χ2v) is 4.85. The van der Waals surface area contributed by atoms with Gasteiger partial charge in [0.15, 0.2) is 0 Å². The zero-order chi connectivity index (χ0) is 15.1. The van der Waals surface area contributed by atoms with Crippen LogP contribution in [0.3, 0.4) is 0 Å². The number of benzene rings is 1. The standard InChI is InChI=1S/C15H15N3O3/c1-17-8-10(9-5-4-6-13(21-3)14(9)17)11-7-12(15(19)20)18(2)16-11/h4-8H,1-3H3,(H,19,20). The number of carboxylic acid groups (broad SMARTS) is 1. The van der Waals surface area contributed by atoms with Crippen LogP contribution in [0.4, 0.5) is 0 Å². The molecule has 21 heavy (non-hydrogen) atoms. The summed E-state index contributed by atoms with van der Waals surface area (Å²) in [6.45, 7) is 0. The normalized spacial score (nSPS) is 11.0. The molecule has 2 aromatic heterocycles. The molecule has 0 radical (unpaired) electrons. The number of hydrogen-bond donors (Lipinski definition) is 1. The van der Waals surface area contributed by atoms with Crippen molar-refractivity contribution < 1.29 is 14.6 Å². The molecule has 3 aromatic rings. The van der Waals surface area contributed by atoms with Crippen LogP contribution in [0.1, 0.15) is 10.5 Å². The van der Waals surface area contributed by atoms with Gasteiger partial charge in [-0.1, -0.05) is 12.1 Å². The zero-order valence-electron chi connectivity index (χ0n) is 12.0. The molecule has 0 fully saturated rings. The lowest BCUT2D eigenvalue weighted by Crippen LogP contribution is -2.04. The van der Waals surface area contributed by atoms with Crippen LogP contribution in [-0.2, 0) is 14.1 Å². The Kier molecular flexibility index (Phi) is 2.94. The molecular formula is C15H15N3O3. The monoisotopic (exact) mass is 285 g/mol. The molecule has 0 unspecified atom stereocenters. The number of nitrogens with zero attached hydrogens (tertiary/aromatic N) is 3. The van der Waals surface area contributed by atoms with E-state index in [1.807, 2.05) is 36.0 Å². The number of para-hydroxylation sites is 1. The molecule has 1 aromatic carbocycles. The van der Waals surface area contributed by atoms with Crippen LogP contribution in [0.5, 0.6) is 5.75 Å². The van der Waals surface area contributed by atoms with E-state index in [1.54, 1.807) is 20.2 Å². The summed E-state index contributed by atoms with van der Waals surface area (Å²) in [6.07, 6.45) is 1.93. The highest BCUT2D eigenvalue weighted by atomic mass is 16.5. The number of fused-ring (bicyclic) bond motifs is 1. The second-order valence-electron chi connectivity index (χ2n) is 4.85. The molecule has 0 amide bonds. The minimum atomic E-state index is -0.992. The van der Waals surface area contributed by atoms with Gasteiger partial charge in [-0.2, -0.15) is 5.10 Å². The SMILES string of the molecule is COc1cccc2c(-c3cc(C(=O)O)n(C)n3)cn(C)c12. The minimum Gasteiger partial charge on any atom is -0.495 e. The predicted octanol–water partition coefficient (Wildman–Crippen LogP) is 2.29. The molecule has 1 N–H and O–H groups in total. The molecule has 3 rings (SSSR count). The molecule has 0 saturated heterocycles. The number of rotatable bonds is 3. The summed E-state index contributed by atoms with van der Waals surface area (Å²) >= 11 is 0. The quantitative estimate of drug-likeness (QED) is 0.801. The number of hydrogen-bond acceptors (Lipinski definition) is 3. The Labute approximate surface area is 121 Å². The third-order valence-corrected chi connectivity index (χ3v) is 3.56. The van der Waals surface area contributed by atoms with Crippen molar-refractivity contribution in [3.63, 3.8) is 0 Å². The molecule has 2 heterocycles. The van der Waals surface area contributed by atoms with Crippen molar-refractivity contribution >= 4 is 16.9 Å². The average Bonchev–Trinajstić information content (AvgIpc) is 3.00. The summed E-state index contributed by atoms with van der Waals surface area (Å²) in [5.41, 5.74) is 2.63. The van der Waals surface area contributed by atoms with Gasteiger partial charge in [0.1, 0.15) is 11.4 Å². The lowest BCUT2D eigenvalue weighted by Gasteiger charge is -2.03. The first-order valence-corrected chi connectivity index (χ1v) is 6.42. The van der Waals surface area contributed by atoms with E-state index >= 15 is 0 Å². The maximum absolute atomic E-state index is 11.1. The minimum absolute atomic E-state index is 0.157. The Morgan fingerprint density at radius 2 is 2.10 bits per heavy atom. The number of ether oxygens (including phenoxy) is 1. The number of aryl methyl sites for hydroxylation is 2. The highest BCUT2D eigenvalue weighted by Crippen LogP contribution is 2.34. The summed E-state index contributed by atoms with van der Waals surface area (Å²) in [5, 5.41) is 14.4. The Balaban J connectivity index is 2.26. The van der Waals surface area contributed by atoms with Gasteiger partial charge in [0.05, 0.1) is 18.3 Å².